The molecular weight excluding hydrogens is 462 g/mol. The largest absolute Gasteiger partial charge is 0.396 e. The van der Waals surface area contributed by atoms with Crippen molar-refractivity contribution in [3.05, 3.63) is 64.9 Å². The first-order valence-corrected chi connectivity index (χ1v) is 11.6. The first kappa shape index (κ1) is 22.8. The van der Waals surface area contributed by atoms with Gasteiger partial charge in [-0.1, -0.05) is 11.6 Å². The van der Waals surface area contributed by atoms with E-state index in [1.807, 2.05) is 12.1 Å². The molecule has 1 atom stereocenters. The predicted octanol–water partition coefficient (Wildman–Crippen LogP) is 5.72. The van der Waals surface area contributed by atoms with Crippen LogP contribution in [-0.4, -0.2) is 38.1 Å². The molecular formula is C25H23ClF2N4O2. The third-order valence-electron chi connectivity index (χ3n) is 5.94. The number of hydrogen-bond donors (Lipinski definition) is 1. The predicted molar refractivity (Wildman–Crippen MR) is 125 cm³/mol. The molecule has 4 aromatic rings. The fourth-order valence-electron chi connectivity index (χ4n) is 4.18. The molecule has 9 heteroatoms. The molecule has 1 aromatic carbocycles. The molecule has 0 radical (unpaired) electrons. The van der Waals surface area contributed by atoms with Gasteiger partial charge >= 0.3 is 0 Å². The van der Waals surface area contributed by atoms with Crippen molar-refractivity contribution >= 4 is 22.6 Å². The molecule has 0 amide bonds. The van der Waals surface area contributed by atoms with Crippen LogP contribution in [0.4, 0.5) is 8.78 Å². The Morgan fingerprint density at radius 2 is 1.97 bits per heavy atom. The van der Waals surface area contributed by atoms with Crippen molar-refractivity contribution in [1.29, 1.82) is 0 Å². The Bertz CT molecular complexity index is 1340. The Morgan fingerprint density at radius 3 is 2.76 bits per heavy atom. The van der Waals surface area contributed by atoms with Crippen molar-refractivity contribution in [3.63, 3.8) is 0 Å². The summed E-state index contributed by atoms with van der Waals surface area (Å²) in [5.74, 6) is -1.59. The first-order valence-electron chi connectivity index (χ1n) is 11.3. The average molecular weight is 485 g/mol. The van der Waals surface area contributed by atoms with Crippen LogP contribution in [-0.2, 0) is 11.2 Å². The number of benzene rings is 1. The third-order valence-corrected chi connectivity index (χ3v) is 6.23. The van der Waals surface area contributed by atoms with E-state index >= 15 is 0 Å². The molecule has 1 N–H and O–H groups in total. The minimum absolute atomic E-state index is 0.0904. The molecule has 4 heterocycles. The summed E-state index contributed by atoms with van der Waals surface area (Å²) in [6.07, 6.45) is 7.39. The second-order valence-corrected chi connectivity index (χ2v) is 8.75. The number of halogens is 3. The normalized spacial score (nSPS) is 16.3. The number of aliphatic hydroxyl groups is 1. The highest BCUT2D eigenvalue weighted by Gasteiger charge is 2.24. The van der Waals surface area contributed by atoms with Crippen LogP contribution in [0.15, 0.2) is 42.7 Å². The fraction of sp³-hybridized carbons (Fsp3) is 0.320. The van der Waals surface area contributed by atoms with Crippen LogP contribution in [0.5, 0.6) is 0 Å². The van der Waals surface area contributed by atoms with Gasteiger partial charge < -0.3 is 9.84 Å². The lowest BCUT2D eigenvalue weighted by Crippen LogP contribution is -2.18. The van der Waals surface area contributed by atoms with Crippen LogP contribution in [0, 0.1) is 11.6 Å². The van der Waals surface area contributed by atoms with Crippen molar-refractivity contribution in [2.24, 2.45) is 0 Å². The van der Waals surface area contributed by atoms with Crippen LogP contribution in [0.2, 0.25) is 5.02 Å². The molecule has 1 unspecified atom stereocenters. The quantitative estimate of drug-likeness (QED) is 0.354. The van der Waals surface area contributed by atoms with Crippen molar-refractivity contribution in [3.8, 4) is 22.5 Å². The van der Waals surface area contributed by atoms with E-state index in [1.165, 1.54) is 6.07 Å². The Labute approximate surface area is 200 Å². The van der Waals surface area contributed by atoms with Gasteiger partial charge in [0.1, 0.15) is 23.6 Å². The van der Waals surface area contributed by atoms with E-state index in [4.69, 9.17) is 26.4 Å². The summed E-state index contributed by atoms with van der Waals surface area (Å²) >= 11 is 5.98. The van der Waals surface area contributed by atoms with Crippen molar-refractivity contribution in [2.45, 2.75) is 38.3 Å². The maximum Gasteiger partial charge on any atom is 0.150 e. The number of ether oxygens (including phenoxy) is 1. The molecule has 6 nitrogen and oxygen atoms in total. The second kappa shape index (κ2) is 9.74. The van der Waals surface area contributed by atoms with Gasteiger partial charge in [0.15, 0.2) is 0 Å². The standard InChI is InChI=1S/C25H23ClF2N4O2/c26-18-11-16(19(27)12-20(18)28)25-17(14-32(31-25)24-5-1-2-9-34-24)21-6-7-22-23(30-21)10-15(13-29-22)4-3-8-33/h6-7,10-14,24,33H,1-5,8-9H2. The zero-order chi connectivity index (χ0) is 23.7. The van der Waals surface area contributed by atoms with Crippen molar-refractivity contribution < 1.29 is 18.6 Å². The second-order valence-electron chi connectivity index (χ2n) is 8.34. The number of pyridine rings is 2. The molecule has 0 spiro atoms. The summed E-state index contributed by atoms with van der Waals surface area (Å²) in [5, 5.41) is 13.6. The van der Waals surface area contributed by atoms with E-state index in [0.717, 1.165) is 36.4 Å². The lowest BCUT2D eigenvalue weighted by Gasteiger charge is -2.22. The molecule has 1 aliphatic rings. The number of nitrogens with zero attached hydrogens (tertiary/aromatic N) is 4. The van der Waals surface area contributed by atoms with Crippen molar-refractivity contribution in [2.75, 3.05) is 13.2 Å². The summed E-state index contributed by atoms with van der Waals surface area (Å²) in [6.45, 7) is 0.728. The number of aromatic nitrogens is 4. The lowest BCUT2D eigenvalue weighted by molar-refractivity contribution is -0.0393. The van der Waals surface area contributed by atoms with Crippen LogP contribution in [0.3, 0.4) is 0 Å². The summed E-state index contributed by atoms with van der Waals surface area (Å²) in [6, 6.07) is 7.60. The summed E-state index contributed by atoms with van der Waals surface area (Å²) in [4.78, 5) is 9.24. The van der Waals surface area contributed by atoms with Gasteiger partial charge in [0, 0.05) is 42.8 Å². The molecule has 1 aliphatic heterocycles. The SMILES string of the molecule is OCCCc1cnc2ccc(-c3cn(C4CCCCO4)nc3-c3cc(Cl)c(F)cc3F)nc2c1. The van der Waals surface area contributed by atoms with Gasteiger partial charge in [-0.25, -0.2) is 18.4 Å². The van der Waals surface area contributed by atoms with Crippen LogP contribution >= 0.6 is 11.6 Å². The minimum atomic E-state index is -0.829. The van der Waals surface area contributed by atoms with E-state index in [1.54, 1.807) is 23.1 Å². The van der Waals surface area contributed by atoms with Gasteiger partial charge in [-0.2, -0.15) is 5.10 Å². The number of hydrogen-bond acceptors (Lipinski definition) is 5. The van der Waals surface area contributed by atoms with Gasteiger partial charge in [0.2, 0.25) is 0 Å². The highest BCUT2D eigenvalue weighted by atomic mass is 35.5. The van der Waals surface area contributed by atoms with E-state index in [-0.39, 0.29) is 23.4 Å². The van der Waals surface area contributed by atoms with E-state index in [9.17, 15) is 8.78 Å². The highest BCUT2D eigenvalue weighted by molar-refractivity contribution is 6.31. The third kappa shape index (κ3) is 4.53. The zero-order valence-corrected chi connectivity index (χ0v) is 19.1. The molecule has 3 aromatic heterocycles. The number of rotatable bonds is 6. The van der Waals surface area contributed by atoms with Gasteiger partial charge in [-0.15, -0.1) is 0 Å². The zero-order valence-electron chi connectivity index (χ0n) is 18.3. The maximum absolute atomic E-state index is 14.9. The van der Waals surface area contributed by atoms with Gasteiger partial charge in [0.25, 0.3) is 0 Å². The summed E-state index contributed by atoms with van der Waals surface area (Å²) in [7, 11) is 0. The topological polar surface area (TPSA) is 73.1 Å². The van der Waals surface area contributed by atoms with Crippen molar-refractivity contribution in [1.82, 2.24) is 19.7 Å². The fourth-order valence-corrected chi connectivity index (χ4v) is 4.34. The number of aliphatic hydroxyl groups excluding tert-OH is 1. The molecule has 1 saturated heterocycles. The molecule has 34 heavy (non-hydrogen) atoms. The minimum Gasteiger partial charge on any atom is -0.396 e. The molecule has 1 fully saturated rings. The monoisotopic (exact) mass is 484 g/mol. The smallest absolute Gasteiger partial charge is 0.150 e. The van der Waals surface area contributed by atoms with Crippen LogP contribution in [0.1, 0.15) is 37.5 Å². The number of aryl methyl sites for hydroxylation is 1. The van der Waals surface area contributed by atoms with Crippen LogP contribution in [0.25, 0.3) is 33.5 Å². The molecule has 176 valence electrons. The summed E-state index contributed by atoms with van der Waals surface area (Å²) in [5.41, 5.74) is 3.92. The van der Waals surface area contributed by atoms with Crippen LogP contribution < -0.4 is 0 Å². The molecule has 0 saturated carbocycles. The van der Waals surface area contributed by atoms with Gasteiger partial charge in [-0.3, -0.25) is 4.98 Å². The first-order chi connectivity index (χ1) is 16.5. The maximum atomic E-state index is 14.9. The van der Waals surface area contributed by atoms with Gasteiger partial charge in [0.05, 0.1) is 21.7 Å². The summed E-state index contributed by atoms with van der Waals surface area (Å²) < 4.78 is 36.3. The Balaban J connectivity index is 1.64. The number of fused-ring (bicyclic) bond motifs is 1. The van der Waals surface area contributed by atoms with Gasteiger partial charge in [-0.05, 0) is 61.9 Å². The van der Waals surface area contributed by atoms with E-state index in [2.05, 4.69) is 10.1 Å². The highest BCUT2D eigenvalue weighted by Crippen LogP contribution is 2.36. The molecule has 0 aliphatic carbocycles. The molecule has 0 bridgehead atoms. The van der Waals surface area contributed by atoms with E-state index in [0.29, 0.717) is 41.9 Å². The molecule has 5 rings (SSSR count). The Hall–Kier alpha value is -2.94. The Morgan fingerprint density at radius 1 is 1.09 bits per heavy atom. The lowest BCUT2D eigenvalue weighted by atomic mass is 10.0. The Kier molecular flexibility index (Phi) is 6.54. The average Bonchev–Trinajstić information content (AvgIpc) is 3.30. The van der Waals surface area contributed by atoms with E-state index < -0.39 is 11.6 Å².